The molecule has 0 saturated heterocycles. The second-order valence-corrected chi connectivity index (χ2v) is 5.39. The van der Waals surface area contributed by atoms with E-state index in [0.717, 1.165) is 18.7 Å². The fourth-order valence-corrected chi connectivity index (χ4v) is 2.73. The number of nitrogens with one attached hydrogen (secondary N) is 1. The van der Waals surface area contributed by atoms with Crippen molar-refractivity contribution in [1.29, 1.82) is 0 Å². The van der Waals surface area contributed by atoms with Gasteiger partial charge in [0.15, 0.2) is 0 Å². The van der Waals surface area contributed by atoms with Gasteiger partial charge in [-0.3, -0.25) is 9.59 Å². The van der Waals surface area contributed by atoms with Gasteiger partial charge in [0, 0.05) is 38.3 Å². The number of aliphatic carboxylic acids is 1. The summed E-state index contributed by atoms with van der Waals surface area (Å²) in [5, 5.41) is 11.9. The van der Waals surface area contributed by atoms with E-state index in [1.54, 1.807) is 6.20 Å². The average Bonchev–Trinajstić information content (AvgIpc) is 2.84. The van der Waals surface area contributed by atoms with Crippen molar-refractivity contribution >= 4 is 11.9 Å². The quantitative estimate of drug-likeness (QED) is 0.841. The van der Waals surface area contributed by atoms with E-state index in [1.807, 2.05) is 17.8 Å². The summed E-state index contributed by atoms with van der Waals surface area (Å²) in [4.78, 5) is 27.2. The van der Waals surface area contributed by atoms with Gasteiger partial charge >= 0.3 is 5.97 Å². The molecule has 0 bridgehead atoms. The number of nitrogens with zero attached hydrogens (tertiary/aromatic N) is 2. The van der Waals surface area contributed by atoms with Gasteiger partial charge in [0.05, 0.1) is 5.92 Å². The number of carboxylic acids is 1. The molecule has 0 radical (unpaired) electrons. The third-order valence-corrected chi connectivity index (χ3v) is 3.96. The van der Waals surface area contributed by atoms with Crippen molar-refractivity contribution in [2.75, 3.05) is 6.54 Å². The summed E-state index contributed by atoms with van der Waals surface area (Å²) in [7, 11) is 1.92. The van der Waals surface area contributed by atoms with Crippen LogP contribution in [0, 0.1) is 11.8 Å². The van der Waals surface area contributed by atoms with Crippen LogP contribution in [0.4, 0.5) is 0 Å². The van der Waals surface area contributed by atoms with Crippen molar-refractivity contribution in [3.63, 3.8) is 0 Å². The van der Waals surface area contributed by atoms with Crippen molar-refractivity contribution in [3.8, 4) is 0 Å². The Bertz CT molecular complexity index is 484. The van der Waals surface area contributed by atoms with Crippen LogP contribution in [-0.2, 0) is 23.1 Å². The Balaban J connectivity index is 1.77. The number of carbonyl (C=O) groups is 2. The Kier molecular flexibility index (Phi) is 4.76. The molecule has 1 aromatic rings. The molecule has 2 atom stereocenters. The number of carbonyl (C=O) groups excluding carboxylic acids is 1. The molecular weight excluding hydrogens is 258 g/mol. The van der Waals surface area contributed by atoms with Gasteiger partial charge in [-0.25, -0.2) is 4.98 Å². The number of hydrogen-bond donors (Lipinski definition) is 2. The van der Waals surface area contributed by atoms with E-state index in [9.17, 15) is 9.59 Å². The molecule has 2 N–H and O–H groups in total. The number of aromatic nitrogens is 2. The zero-order chi connectivity index (χ0) is 14.5. The lowest BCUT2D eigenvalue weighted by Gasteiger charge is -2.25. The van der Waals surface area contributed by atoms with E-state index >= 15 is 0 Å². The molecule has 20 heavy (non-hydrogen) atoms. The maximum atomic E-state index is 12.0. The standard InChI is InChI=1S/C14H21N3O3/c1-17-8-7-15-12(17)5-6-16-13(18)10-3-2-4-11(9-10)14(19)20/h7-8,10-11H,2-6,9H2,1H3,(H,16,18)(H,19,20). The second kappa shape index (κ2) is 6.54. The van der Waals surface area contributed by atoms with Gasteiger partial charge in [0.2, 0.25) is 5.91 Å². The van der Waals surface area contributed by atoms with E-state index < -0.39 is 5.97 Å². The second-order valence-electron chi connectivity index (χ2n) is 5.39. The fraction of sp³-hybridized carbons (Fsp3) is 0.643. The SMILES string of the molecule is Cn1ccnc1CCNC(=O)C1CCCC(C(=O)O)C1. The molecule has 0 spiro atoms. The molecule has 1 saturated carbocycles. The summed E-state index contributed by atoms with van der Waals surface area (Å²) in [5.74, 6) is -0.404. The van der Waals surface area contributed by atoms with E-state index in [0.29, 0.717) is 25.8 Å². The number of imidazole rings is 1. The smallest absolute Gasteiger partial charge is 0.306 e. The van der Waals surface area contributed by atoms with Crippen molar-refractivity contribution in [3.05, 3.63) is 18.2 Å². The Morgan fingerprint density at radius 1 is 1.45 bits per heavy atom. The van der Waals surface area contributed by atoms with Crippen LogP contribution >= 0.6 is 0 Å². The molecule has 1 fully saturated rings. The average molecular weight is 279 g/mol. The van der Waals surface area contributed by atoms with Crippen LogP contribution in [0.25, 0.3) is 0 Å². The van der Waals surface area contributed by atoms with Crippen molar-refractivity contribution in [2.45, 2.75) is 32.1 Å². The molecule has 1 amide bonds. The van der Waals surface area contributed by atoms with Crippen LogP contribution in [0.3, 0.4) is 0 Å². The van der Waals surface area contributed by atoms with Gasteiger partial charge in [-0.2, -0.15) is 0 Å². The highest BCUT2D eigenvalue weighted by molar-refractivity contribution is 5.80. The lowest BCUT2D eigenvalue weighted by Crippen LogP contribution is -2.36. The Hall–Kier alpha value is -1.85. The highest BCUT2D eigenvalue weighted by Gasteiger charge is 2.30. The normalized spacial score (nSPS) is 22.4. The van der Waals surface area contributed by atoms with Crippen LogP contribution < -0.4 is 5.32 Å². The number of rotatable bonds is 5. The van der Waals surface area contributed by atoms with E-state index in [-0.39, 0.29) is 17.7 Å². The number of amides is 1. The van der Waals surface area contributed by atoms with Gasteiger partial charge in [-0.1, -0.05) is 6.42 Å². The first kappa shape index (κ1) is 14.6. The summed E-state index contributed by atoms with van der Waals surface area (Å²) in [6.45, 7) is 0.540. The van der Waals surface area contributed by atoms with Gasteiger partial charge in [-0.05, 0) is 19.3 Å². The summed E-state index contributed by atoms with van der Waals surface area (Å²) in [6, 6.07) is 0. The number of hydrogen-bond acceptors (Lipinski definition) is 3. The van der Waals surface area contributed by atoms with Crippen LogP contribution in [0.5, 0.6) is 0 Å². The monoisotopic (exact) mass is 279 g/mol. The summed E-state index contributed by atoms with van der Waals surface area (Å²) in [6.07, 6.45) is 7.04. The van der Waals surface area contributed by atoms with Crippen molar-refractivity contribution < 1.29 is 14.7 Å². The van der Waals surface area contributed by atoms with Crippen LogP contribution in [-0.4, -0.2) is 33.1 Å². The summed E-state index contributed by atoms with van der Waals surface area (Å²) >= 11 is 0. The molecule has 2 unspecified atom stereocenters. The minimum atomic E-state index is -0.782. The van der Waals surface area contributed by atoms with Gasteiger partial charge in [0.1, 0.15) is 5.82 Å². The molecule has 110 valence electrons. The molecule has 6 nitrogen and oxygen atoms in total. The van der Waals surface area contributed by atoms with E-state index in [4.69, 9.17) is 5.11 Å². The Labute approximate surface area is 118 Å². The molecule has 1 heterocycles. The lowest BCUT2D eigenvalue weighted by atomic mass is 9.81. The molecule has 0 aromatic carbocycles. The number of aryl methyl sites for hydroxylation is 1. The van der Waals surface area contributed by atoms with Crippen LogP contribution in [0.1, 0.15) is 31.5 Å². The zero-order valence-electron chi connectivity index (χ0n) is 11.7. The molecule has 0 aliphatic heterocycles. The minimum absolute atomic E-state index is 0.0230. The first-order valence-corrected chi connectivity index (χ1v) is 7.04. The van der Waals surface area contributed by atoms with Gasteiger partial charge < -0.3 is 15.0 Å². The maximum Gasteiger partial charge on any atom is 0.306 e. The zero-order valence-corrected chi connectivity index (χ0v) is 11.7. The highest BCUT2D eigenvalue weighted by atomic mass is 16.4. The highest BCUT2D eigenvalue weighted by Crippen LogP contribution is 2.29. The third-order valence-electron chi connectivity index (χ3n) is 3.96. The van der Waals surface area contributed by atoms with Crippen LogP contribution in [0.2, 0.25) is 0 Å². The molecule has 1 aliphatic carbocycles. The van der Waals surface area contributed by atoms with Crippen LogP contribution in [0.15, 0.2) is 12.4 Å². The molecule has 1 aromatic heterocycles. The van der Waals surface area contributed by atoms with E-state index in [1.165, 1.54) is 0 Å². The topological polar surface area (TPSA) is 84.2 Å². The first-order valence-electron chi connectivity index (χ1n) is 7.04. The molecule has 2 rings (SSSR count). The maximum absolute atomic E-state index is 12.0. The van der Waals surface area contributed by atoms with Crippen molar-refractivity contribution in [2.24, 2.45) is 18.9 Å². The van der Waals surface area contributed by atoms with Gasteiger partial charge in [-0.15, -0.1) is 0 Å². The van der Waals surface area contributed by atoms with E-state index in [2.05, 4.69) is 10.3 Å². The minimum Gasteiger partial charge on any atom is -0.481 e. The molecule has 6 heteroatoms. The molecule has 1 aliphatic rings. The third kappa shape index (κ3) is 3.59. The Morgan fingerprint density at radius 3 is 2.85 bits per heavy atom. The summed E-state index contributed by atoms with van der Waals surface area (Å²) < 4.78 is 1.92. The van der Waals surface area contributed by atoms with Gasteiger partial charge in [0.25, 0.3) is 0 Å². The first-order chi connectivity index (χ1) is 9.58. The summed E-state index contributed by atoms with van der Waals surface area (Å²) in [5.41, 5.74) is 0. The largest absolute Gasteiger partial charge is 0.481 e. The predicted molar refractivity (Wildman–Crippen MR) is 73.0 cm³/mol. The lowest BCUT2D eigenvalue weighted by molar-refractivity contribution is -0.144. The predicted octanol–water partition coefficient (Wildman–Crippen LogP) is 0.970. The Morgan fingerprint density at radius 2 is 2.20 bits per heavy atom. The molecular formula is C14H21N3O3. The van der Waals surface area contributed by atoms with Crippen molar-refractivity contribution in [1.82, 2.24) is 14.9 Å². The number of carboxylic acid groups (broad SMARTS) is 1. The fourth-order valence-electron chi connectivity index (χ4n) is 2.73.